The largest absolute Gasteiger partial charge is 0.375 e. The van der Waals surface area contributed by atoms with Gasteiger partial charge in [-0.2, -0.15) is 24.8 Å². The highest BCUT2D eigenvalue weighted by atomic mass is 19.3. The lowest BCUT2D eigenvalue weighted by Crippen LogP contribution is -2.63. The fourth-order valence-corrected chi connectivity index (χ4v) is 4.78. The summed E-state index contributed by atoms with van der Waals surface area (Å²) in [5, 5.41) is 13.8. The molecule has 27 heavy (non-hydrogen) atoms. The maximum absolute atomic E-state index is 13.2. The van der Waals surface area contributed by atoms with E-state index in [0.717, 1.165) is 32.6 Å². The van der Waals surface area contributed by atoms with Crippen LogP contribution in [-0.4, -0.2) is 49.8 Å². The SMILES string of the molecule is CC(F)(F)CCc1cc2nc(C#N)nc(N3C4CC5CC3CC(C4)O5)n2n1. The van der Waals surface area contributed by atoms with Crippen LogP contribution in [0.4, 0.5) is 14.7 Å². The van der Waals surface area contributed by atoms with Crippen molar-refractivity contribution in [1.29, 1.82) is 5.26 Å². The van der Waals surface area contributed by atoms with Gasteiger partial charge < -0.3 is 9.64 Å². The summed E-state index contributed by atoms with van der Waals surface area (Å²) in [7, 11) is 0. The average molecular weight is 374 g/mol. The maximum Gasteiger partial charge on any atom is 0.245 e. The van der Waals surface area contributed by atoms with E-state index in [1.165, 1.54) is 0 Å². The number of ether oxygens (including phenoxy) is 1. The van der Waals surface area contributed by atoms with Crippen molar-refractivity contribution in [3.8, 4) is 6.07 Å². The summed E-state index contributed by atoms with van der Waals surface area (Å²) in [4.78, 5) is 10.9. The van der Waals surface area contributed by atoms with Gasteiger partial charge >= 0.3 is 0 Å². The third-order valence-electron chi connectivity index (χ3n) is 5.82. The quantitative estimate of drug-likeness (QED) is 0.818. The Hall–Kier alpha value is -2.34. The minimum Gasteiger partial charge on any atom is -0.375 e. The lowest BCUT2D eigenvalue weighted by molar-refractivity contribution is -0.121. The van der Waals surface area contributed by atoms with E-state index in [-0.39, 0.29) is 18.7 Å². The molecule has 9 heteroatoms. The molecule has 4 saturated heterocycles. The van der Waals surface area contributed by atoms with E-state index in [0.29, 0.717) is 41.6 Å². The first-order valence-electron chi connectivity index (χ1n) is 9.38. The molecule has 0 N–H and O–H groups in total. The van der Waals surface area contributed by atoms with Crippen molar-refractivity contribution in [3.05, 3.63) is 17.6 Å². The van der Waals surface area contributed by atoms with Gasteiger partial charge in [0.15, 0.2) is 5.65 Å². The Morgan fingerprint density at radius 3 is 2.48 bits per heavy atom. The number of anilines is 1. The molecule has 0 aromatic carbocycles. The van der Waals surface area contributed by atoms with Crippen molar-refractivity contribution >= 4 is 11.6 Å². The van der Waals surface area contributed by atoms with Crippen LogP contribution in [0.5, 0.6) is 0 Å². The number of aromatic nitrogens is 4. The van der Waals surface area contributed by atoms with Gasteiger partial charge in [-0.05, 0) is 39.0 Å². The van der Waals surface area contributed by atoms with Gasteiger partial charge in [0.1, 0.15) is 6.07 Å². The summed E-state index contributed by atoms with van der Waals surface area (Å²) in [6.45, 7) is 0.907. The van der Waals surface area contributed by atoms with Crippen molar-refractivity contribution in [3.63, 3.8) is 0 Å². The number of aryl methyl sites for hydroxylation is 1. The minimum absolute atomic E-state index is 0.0785. The summed E-state index contributed by atoms with van der Waals surface area (Å²) in [5.74, 6) is -2.07. The van der Waals surface area contributed by atoms with Crippen molar-refractivity contribution in [1.82, 2.24) is 19.6 Å². The van der Waals surface area contributed by atoms with E-state index in [2.05, 4.69) is 20.0 Å². The summed E-state index contributed by atoms with van der Waals surface area (Å²) in [6.07, 6.45) is 4.24. The molecule has 142 valence electrons. The van der Waals surface area contributed by atoms with Crippen LogP contribution in [0.3, 0.4) is 0 Å². The van der Waals surface area contributed by atoms with Crippen molar-refractivity contribution in [2.24, 2.45) is 0 Å². The predicted octanol–water partition coefficient (Wildman–Crippen LogP) is 2.48. The molecule has 4 bridgehead atoms. The zero-order valence-corrected chi connectivity index (χ0v) is 15.0. The lowest BCUT2D eigenvalue weighted by atomic mass is 9.78. The van der Waals surface area contributed by atoms with Crippen LogP contribution in [0, 0.1) is 11.3 Å². The maximum atomic E-state index is 13.2. The third kappa shape index (κ3) is 2.92. The molecule has 4 aliphatic heterocycles. The number of fused-ring (bicyclic) bond motifs is 1. The highest BCUT2D eigenvalue weighted by Gasteiger charge is 2.49. The Morgan fingerprint density at radius 2 is 1.89 bits per heavy atom. The predicted molar refractivity (Wildman–Crippen MR) is 91.6 cm³/mol. The zero-order valence-electron chi connectivity index (χ0n) is 15.0. The van der Waals surface area contributed by atoms with Gasteiger partial charge in [0.05, 0.1) is 17.9 Å². The highest BCUT2D eigenvalue weighted by Crippen LogP contribution is 2.44. The average Bonchev–Trinajstić information content (AvgIpc) is 3.01. The Morgan fingerprint density at radius 1 is 1.22 bits per heavy atom. The fourth-order valence-electron chi connectivity index (χ4n) is 4.78. The van der Waals surface area contributed by atoms with E-state index in [1.54, 1.807) is 10.6 Å². The van der Waals surface area contributed by atoms with Crippen LogP contribution in [0.1, 0.15) is 50.5 Å². The molecule has 4 fully saturated rings. The number of piperidine rings is 2. The molecule has 7 nitrogen and oxygen atoms in total. The molecule has 0 saturated carbocycles. The second-order valence-corrected chi connectivity index (χ2v) is 7.97. The summed E-state index contributed by atoms with van der Waals surface area (Å²) < 4.78 is 34.1. The molecular weight excluding hydrogens is 354 g/mol. The van der Waals surface area contributed by atoms with Crippen LogP contribution < -0.4 is 4.90 Å². The number of alkyl halides is 2. The van der Waals surface area contributed by atoms with E-state index in [9.17, 15) is 14.0 Å². The molecule has 6 heterocycles. The first kappa shape index (κ1) is 16.8. The molecule has 0 aliphatic carbocycles. The molecule has 2 aromatic rings. The van der Waals surface area contributed by atoms with Crippen LogP contribution in [0.25, 0.3) is 5.65 Å². The Labute approximate surface area is 155 Å². The van der Waals surface area contributed by atoms with E-state index < -0.39 is 5.92 Å². The number of rotatable bonds is 4. The zero-order chi connectivity index (χ0) is 18.8. The molecule has 2 aromatic heterocycles. The number of hydrogen-bond acceptors (Lipinski definition) is 6. The van der Waals surface area contributed by atoms with E-state index >= 15 is 0 Å². The number of nitriles is 1. The molecule has 4 aliphatic rings. The van der Waals surface area contributed by atoms with Crippen LogP contribution in [0.2, 0.25) is 0 Å². The summed E-state index contributed by atoms with van der Waals surface area (Å²) in [5.41, 5.74) is 1.02. The van der Waals surface area contributed by atoms with Crippen LogP contribution in [0.15, 0.2) is 6.07 Å². The third-order valence-corrected chi connectivity index (χ3v) is 5.82. The van der Waals surface area contributed by atoms with E-state index in [1.807, 2.05) is 6.07 Å². The summed E-state index contributed by atoms with van der Waals surface area (Å²) in [6, 6.07) is 4.30. The first-order valence-corrected chi connectivity index (χ1v) is 9.38. The van der Waals surface area contributed by atoms with E-state index in [4.69, 9.17) is 4.74 Å². The standard InChI is InChI=1S/C18H20F2N6O/c1-18(19,20)3-2-10-4-16-22-15(9-21)23-17(26(16)24-10)25-11-5-13-7-12(25)8-14(6-11)27-13/h4,11-14H,2-3,5-8H2,1H3. The Kier molecular flexibility index (Phi) is 3.63. The molecule has 0 atom stereocenters. The monoisotopic (exact) mass is 374 g/mol. The van der Waals surface area contributed by atoms with Gasteiger partial charge in [-0.15, -0.1) is 0 Å². The van der Waals surface area contributed by atoms with Gasteiger partial charge in [0, 0.05) is 24.6 Å². The number of nitrogens with zero attached hydrogens (tertiary/aromatic N) is 6. The van der Waals surface area contributed by atoms with Gasteiger partial charge in [0.2, 0.25) is 17.7 Å². The van der Waals surface area contributed by atoms with Crippen LogP contribution >= 0.6 is 0 Å². The molecule has 0 amide bonds. The molecule has 0 spiro atoms. The van der Waals surface area contributed by atoms with Gasteiger partial charge in [-0.1, -0.05) is 0 Å². The molecular formula is C18H20F2N6O. The van der Waals surface area contributed by atoms with Crippen molar-refractivity contribution in [2.45, 2.75) is 75.7 Å². The van der Waals surface area contributed by atoms with Gasteiger partial charge in [-0.25, -0.2) is 8.78 Å². The fraction of sp³-hybridized carbons (Fsp3) is 0.667. The Balaban J connectivity index is 1.55. The normalized spacial score (nSPS) is 29.5. The Bertz CT molecular complexity index is 902. The number of halogens is 2. The van der Waals surface area contributed by atoms with Crippen molar-refractivity contribution in [2.75, 3.05) is 4.90 Å². The second-order valence-electron chi connectivity index (χ2n) is 7.97. The smallest absolute Gasteiger partial charge is 0.245 e. The lowest BCUT2D eigenvalue weighted by Gasteiger charge is -2.56. The molecule has 0 unspecified atom stereocenters. The van der Waals surface area contributed by atoms with Crippen molar-refractivity contribution < 1.29 is 13.5 Å². The topological polar surface area (TPSA) is 79.3 Å². The number of hydrogen-bond donors (Lipinski definition) is 0. The first-order chi connectivity index (χ1) is 12.9. The summed E-state index contributed by atoms with van der Waals surface area (Å²) >= 11 is 0. The van der Waals surface area contributed by atoms with Crippen LogP contribution in [-0.2, 0) is 11.2 Å². The minimum atomic E-state index is -2.74. The highest BCUT2D eigenvalue weighted by molar-refractivity contribution is 5.50. The second kappa shape index (κ2) is 5.83. The molecule has 6 rings (SSSR count). The molecule has 0 radical (unpaired) electrons. The van der Waals surface area contributed by atoms with Gasteiger partial charge in [-0.3, -0.25) is 0 Å². The van der Waals surface area contributed by atoms with Gasteiger partial charge in [0.25, 0.3) is 0 Å².